The molecule has 18 heteroatoms. The summed E-state index contributed by atoms with van der Waals surface area (Å²) in [5.41, 5.74) is -1.29. The molecule has 2 N–H and O–H groups in total. The molecule has 1 rings (SSSR count). The van der Waals surface area contributed by atoms with Crippen molar-refractivity contribution in [2.24, 2.45) is 11.8 Å². The smallest absolute Gasteiger partial charge is 0.339 e. The van der Waals surface area contributed by atoms with Crippen molar-refractivity contribution in [3.8, 4) is 0 Å². The lowest BCUT2D eigenvalue weighted by atomic mass is 10.0. The Morgan fingerprint density at radius 3 is 1.46 bits per heavy atom. The van der Waals surface area contributed by atoms with Gasteiger partial charge in [-0.15, -0.1) is 0 Å². The normalized spacial score (nSPS) is 11.3. The van der Waals surface area contributed by atoms with Crippen molar-refractivity contribution in [1.82, 2.24) is 0 Å². The molecule has 0 bridgehead atoms. The van der Waals surface area contributed by atoms with Gasteiger partial charge in [0.2, 0.25) is 0 Å². The van der Waals surface area contributed by atoms with Gasteiger partial charge in [-0.3, -0.25) is 19.2 Å². The second kappa shape index (κ2) is 22.4. The first-order valence-electron chi connectivity index (χ1n) is 15.2. The van der Waals surface area contributed by atoms with E-state index in [1.54, 1.807) is 0 Å². The molecule has 0 amide bonds. The third-order valence-corrected chi connectivity index (χ3v) is 6.17. The molecular weight excluding hydrogens is 696 g/mol. The maximum absolute atomic E-state index is 13.1. The van der Waals surface area contributed by atoms with Crippen molar-refractivity contribution in [3.63, 3.8) is 0 Å². The first-order chi connectivity index (χ1) is 24.5. The number of carboxylic acid groups (broad SMARTS) is 2. The number of carboxylic acids is 2. The van der Waals surface area contributed by atoms with Crippen LogP contribution in [0.1, 0.15) is 57.8 Å². The lowest BCUT2D eigenvalue weighted by Gasteiger charge is -2.17. The Hall–Kier alpha value is -6.33. The Morgan fingerprint density at radius 2 is 1.04 bits per heavy atom. The van der Waals surface area contributed by atoms with Gasteiger partial charge in [0.1, 0.15) is 58.1 Å². The molecule has 0 aliphatic heterocycles. The molecule has 0 saturated carbocycles. The summed E-state index contributed by atoms with van der Waals surface area (Å²) in [6, 6.07) is 2.96. The van der Waals surface area contributed by atoms with Crippen LogP contribution in [0.2, 0.25) is 0 Å². The van der Waals surface area contributed by atoms with Gasteiger partial charge in [0.25, 0.3) is 0 Å². The second-order valence-corrected chi connectivity index (χ2v) is 10.6. The average Bonchev–Trinajstić information content (AvgIpc) is 3.09. The van der Waals surface area contributed by atoms with E-state index in [0.29, 0.717) is 0 Å². The number of esters is 7. The van der Waals surface area contributed by atoms with Crippen LogP contribution in [0.3, 0.4) is 0 Å². The minimum absolute atomic E-state index is 0.00174. The van der Waals surface area contributed by atoms with Gasteiger partial charge >= 0.3 is 53.7 Å². The van der Waals surface area contributed by atoms with Gasteiger partial charge in [-0.2, -0.15) is 0 Å². The molecule has 0 aliphatic rings. The van der Waals surface area contributed by atoms with Crippen LogP contribution in [-0.2, 0) is 61.9 Å². The van der Waals surface area contributed by atoms with Gasteiger partial charge in [-0.05, 0) is 32.0 Å². The molecule has 0 heterocycles. The molecule has 0 saturated heterocycles. The minimum atomic E-state index is -1.43. The number of aliphatic carboxylic acids is 2. The topological polar surface area (TPSA) is 259 Å². The van der Waals surface area contributed by atoms with E-state index < -0.39 is 129 Å². The first kappa shape index (κ1) is 43.7. The van der Waals surface area contributed by atoms with Crippen LogP contribution >= 0.6 is 0 Å². The molecule has 18 nitrogen and oxygen atoms in total. The molecule has 0 aliphatic carbocycles. The monoisotopic (exact) mass is 734 g/mol. The van der Waals surface area contributed by atoms with Crippen molar-refractivity contribution in [3.05, 3.63) is 71.8 Å². The number of hydrogen-bond acceptors (Lipinski definition) is 16. The molecule has 2 unspecified atom stereocenters. The standard InChI is InChI=1S/C34H38O18/c1-6-11-46-34(45)25-14-21(30(41)51-17-22(15-49-28(39)19(2)3)31(42)47-12-9-26(35)36)7-8-24(25)33(44)52-18-23(16-50-29(40)20(4)5)32(43)48-13-10-27(37)38/h6-8,14,22-23H,1-2,4,9-13,15-18H2,3,5H3,(H,35,36)(H,37,38). The highest BCUT2D eigenvalue weighted by Crippen LogP contribution is 2.18. The van der Waals surface area contributed by atoms with Crippen molar-refractivity contribution in [2.75, 3.05) is 46.2 Å². The molecule has 0 spiro atoms. The summed E-state index contributed by atoms with van der Waals surface area (Å²) in [5, 5.41) is 17.6. The number of ether oxygens (including phenoxy) is 7. The summed E-state index contributed by atoms with van der Waals surface area (Å²) in [5.74, 6) is -12.6. The van der Waals surface area contributed by atoms with Crippen LogP contribution in [0.15, 0.2) is 55.2 Å². The van der Waals surface area contributed by atoms with Crippen molar-refractivity contribution < 1.29 is 86.5 Å². The number of carbonyl (C=O) groups is 9. The van der Waals surface area contributed by atoms with Crippen molar-refractivity contribution in [2.45, 2.75) is 26.7 Å². The predicted molar refractivity (Wildman–Crippen MR) is 172 cm³/mol. The Balaban J connectivity index is 3.25. The minimum Gasteiger partial charge on any atom is -0.481 e. The van der Waals surface area contributed by atoms with E-state index in [2.05, 4.69) is 19.7 Å². The van der Waals surface area contributed by atoms with Gasteiger partial charge in [0.05, 0.1) is 29.5 Å². The number of carbonyl (C=O) groups excluding carboxylic acids is 7. The highest BCUT2D eigenvalue weighted by Gasteiger charge is 2.29. The Labute approximate surface area is 296 Å². The lowest BCUT2D eigenvalue weighted by Crippen LogP contribution is -2.30. The fourth-order valence-electron chi connectivity index (χ4n) is 3.43. The molecule has 1 aromatic carbocycles. The highest BCUT2D eigenvalue weighted by molar-refractivity contribution is 6.05. The fourth-order valence-corrected chi connectivity index (χ4v) is 3.43. The molecule has 52 heavy (non-hydrogen) atoms. The Bertz CT molecular complexity index is 1570. The molecule has 2 atom stereocenters. The highest BCUT2D eigenvalue weighted by atomic mass is 16.6. The quantitative estimate of drug-likeness (QED) is 0.0703. The van der Waals surface area contributed by atoms with Crippen LogP contribution in [0.4, 0.5) is 0 Å². The molecule has 0 fully saturated rings. The molecule has 0 radical (unpaired) electrons. The van der Waals surface area contributed by atoms with E-state index >= 15 is 0 Å². The summed E-state index contributed by atoms with van der Waals surface area (Å²) in [7, 11) is 0. The van der Waals surface area contributed by atoms with Crippen LogP contribution in [0, 0.1) is 11.8 Å². The zero-order valence-corrected chi connectivity index (χ0v) is 28.4. The van der Waals surface area contributed by atoms with Gasteiger partial charge < -0.3 is 43.4 Å². The largest absolute Gasteiger partial charge is 0.481 e. The van der Waals surface area contributed by atoms with E-state index in [1.165, 1.54) is 19.9 Å². The third kappa shape index (κ3) is 15.9. The van der Waals surface area contributed by atoms with Crippen molar-refractivity contribution in [1.29, 1.82) is 0 Å². The first-order valence-corrected chi connectivity index (χ1v) is 15.2. The molecule has 282 valence electrons. The third-order valence-electron chi connectivity index (χ3n) is 6.17. The maximum Gasteiger partial charge on any atom is 0.339 e. The van der Waals surface area contributed by atoms with Gasteiger partial charge in [0, 0.05) is 11.1 Å². The van der Waals surface area contributed by atoms with Crippen LogP contribution in [-0.4, -0.2) is 110 Å². The fraction of sp³-hybridized carbons (Fsp3) is 0.382. The number of hydrogen-bond donors (Lipinski definition) is 2. The Morgan fingerprint density at radius 1 is 0.615 bits per heavy atom. The second-order valence-electron chi connectivity index (χ2n) is 10.6. The average molecular weight is 735 g/mol. The van der Waals surface area contributed by atoms with Gasteiger partial charge in [-0.25, -0.2) is 24.0 Å². The van der Waals surface area contributed by atoms with E-state index in [4.69, 9.17) is 43.4 Å². The van der Waals surface area contributed by atoms with Crippen LogP contribution < -0.4 is 0 Å². The van der Waals surface area contributed by atoms with Gasteiger partial charge in [0.15, 0.2) is 0 Å². The lowest BCUT2D eigenvalue weighted by molar-refractivity contribution is -0.158. The summed E-state index contributed by atoms with van der Waals surface area (Å²) >= 11 is 0. The van der Waals surface area contributed by atoms with Crippen LogP contribution in [0.5, 0.6) is 0 Å². The van der Waals surface area contributed by atoms with E-state index in [9.17, 15) is 43.2 Å². The molecule has 0 aromatic heterocycles. The van der Waals surface area contributed by atoms with Gasteiger partial charge in [-0.1, -0.05) is 25.8 Å². The summed E-state index contributed by atoms with van der Waals surface area (Å²) in [4.78, 5) is 109. The van der Waals surface area contributed by atoms with E-state index in [0.717, 1.165) is 18.2 Å². The predicted octanol–water partition coefficient (Wildman–Crippen LogP) is 1.85. The van der Waals surface area contributed by atoms with Crippen LogP contribution in [0.25, 0.3) is 0 Å². The maximum atomic E-state index is 13.1. The van der Waals surface area contributed by atoms with Crippen molar-refractivity contribution >= 4 is 53.7 Å². The Kier molecular flexibility index (Phi) is 18.8. The number of rotatable bonds is 23. The van der Waals surface area contributed by atoms with E-state index in [1.807, 2.05) is 0 Å². The number of benzene rings is 1. The SMILES string of the molecule is C=CCOC(=O)c1cc(C(=O)OCC(COC(=O)C(=C)C)C(=O)OCCC(=O)O)ccc1C(=O)OCC(COC(=O)C(=C)C)C(=O)OCCC(=O)O. The van der Waals surface area contributed by atoms with E-state index in [-0.39, 0.29) is 23.3 Å². The zero-order chi connectivity index (χ0) is 39.4. The molecular formula is C34H38O18. The summed E-state index contributed by atoms with van der Waals surface area (Å²) in [6.45, 7) is 8.79. The molecule has 1 aromatic rings. The zero-order valence-electron chi connectivity index (χ0n) is 28.4. The summed E-state index contributed by atoms with van der Waals surface area (Å²) < 4.78 is 35.0. The summed E-state index contributed by atoms with van der Waals surface area (Å²) in [6.07, 6.45) is 0.162.